The first-order chi connectivity index (χ1) is 17.7. The quantitative estimate of drug-likeness (QED) is 0.0680. The van der Waals surface area contributed by atoms with E-state index in [2.05, 4.69) is 46.5 Å². The number of carboxylic acid groups (broad SMARTS) is 3. The van der Waals surface area contributed by atoms with Gasteiger partial charge in [-0.1, -0.05) is 0 Å². The van der Waals surface area contributed by atoms with E-state index in [1.54, 1.807) is 0 Å². The van der Waals surface area contributed by atoms with Gasteiger partial charge >= 0.3 is 17.9 Å². The second kappa shape index (κ2) is 17.8. The molecule has 5 amide bonds. The number of carboxylic acids is 3. The molecule has 0 aromatic heterocycles. The van der Waals surface area contributed by atoms with Crippen LogP contribution in [0, 0.1) is 0 Å². The number of nitrogens with two attached hydrogens (primary N) is 1. The van der Waals surface area contributed by atoms with Crippen molar-refractivity contribution in [3.05, 3.63) is 0 Å². The number of hydrogen-bond acceptors (Lipinski definition) is 11. The summed E-state index contributed by atoms with van der Waals surface area (Å²) in [7, 11) is 0. The van der Waals surface area contributed by atoms with Gasteiger partial charge in [0.15, 0.2) is 0 Å². The maximum atomic E-state index is 12.6. The van der Waals surface area contributed by atoms with Gasteiger partial charge in [0, 0.05) is 17.9 Å². The van der Waals surface area contributed by atoms with Crippen LogP contribution >= 0.6 is 25.3 Å². The molecule has 0 bridgehead atoms. The van der Waals surface area contributed by atoms with Crippen molar-refractivity contribution in [2.75, 3.05) is 24.6 Å². The average molecular weight is 583 g/mol. The summed E-state index contributed by atoms with van der Waals surface area (Å²) in [5, 5.41) is 37.1. The molecule has 0 rings (SSSR count). The van der Waals surface area contributed by atoms with Gasteiger partial charge in [-0.15, -0.1) is 0 Å². The molecule has 0 aliphatic rings. The van der Waals surface area contributed by atoms with Gasteiger partial charge in [-0.05, 0) is 6.42 Å². The number of thiol groups is 2. The van der Waals surface area contributed by atoms with E-state index in [1.807, 2.05) is 5.32 Å². The molecule has 0 radical (unpaired) electrons. The van der Waals surface area contributed by atoms with Gasteiger partial charge < -0.3 is 47.6 Å². The third kappa shape index (κ3) is 14.2. The predicted molar refractivity (Wildman–Crippen MR) is 134 cm³/mol. The summed E-state index contributed by atoms with van der Waals surface area (Å²) in [6.07, 6.45) is -1.64. The Morgan fingerprint density at radius 3 is 1.58 bits per heavy atom. The Morgan fingerprint density at radius 1 is 0.632 bits per heavy atom. The molecular formula is C19H30N6O11S2. The minimum Gasteiger partial charge on any atom is -0.481 e. The Kier molecular flexibility index (Phi) is 16.1. The lowest BCUT2D eigenvalue weighted by atomic mass is 10.1. The number of hydrogen-bond donors (Lipinski definition) is 11. The maximum absolute atomic E-state index is 12.6. The lowest BCUT2D eigenvalue weighted by Gasteiger charge is -2.22. The van der Waals surface area contributed by atoms with Crippen LogP contribution < -0.4 is 32.3 Å². The molecule has 38 heavy (non-hydrogen) atoms. The van der Waals surface area contributed by atoms with Crippen molar-refractivity contribution >= 4 is 72.7 Å². The van der Waals surface area contributed by atoms with Crippen molar-refractivity contribution in [2.45, 2.75) is 43.4 Å². The summed E-state index contributed by atoms with van der Waals surface area (Å²) in [5.74, 6) is -9.06. The molecule has 19 heteroatoms. The molecule has 0 aliphatic heterocycles. The van der Waals surface area contributed by atoms with Crippen LogP contribution in [-0.4, -0.2) is 112 Å². The summed E-state index contributed by atoms with van der Waals surface area (Å²) >= 11 is 7.82. The zero-order chi connectivity index (χ0) is 29.4. The largest absolute Gasteiger partial charge is 0.481 e. The summed E-state index contributed by atoms with van der Waals surface area (Å²) in [5.41, 5.74) is 5.42. The molecule has 0 saturated heterocycles. The van der Waals surface area contributed by atoms with Crippen LogP contribution in [0.5, 0.6) is 0 Å². The molecule has 10 N–H and O–H groups in total. The number of rotatable bonds is 18. The molecule has 17 nitrogen and oxygen atoms in total. The lowest BCUT2D eigenvalue weighted by molar-refractivity contribution is -0.140. The van der Waals surface area contributed by atoms with Crippen LogP contribution in [-0.2, 0) is 38.4 Å². The van der Waals surface area contributed by atoms with E-state index in [4.69, 9.17) is 21.1 Å². The molecule has 0 spiro atoms. The Morgan fingerprint density at radius 2 is 1.13 bits per heavy atom. The van der Waals surface area contributed by atoms with Crippen molar-refractivity contribution < 1.29 is 53.7 Å². The summed E-state index contributed by atoms with van der Waals surface area (Å²) in [4.78, 5) is 93.4. The molecule has 4 atom stereocenters. The number of carbonyl (C=O) groups excluding carboxylic acids is 5. The van der Waals surface area contributed by atoms with Crippen molar-refractivity contribution in [2.24, 2.45) is 5.73 Å². The van der Waals surface area contributed by atoms with E-state index in [1.165, 1.54) is 0 Å². The standard InChI is InChI=1S/C19H30N6O11S2/c20-8(3-14(29)30)16(33)24-10(6-37)17(34)21-4-12(26)23-9(1-2-13(27)28)19(36)25-11(7-38)18(35)22-5-15(31)32/h8-11,37-38H,1-7,20H2,(H,21,34)(H,22,35)(H,23,26)(H,24,33)(H,25,36)(H,27,28)(H,29,30)(H,31,32)/t8-,9-,10-,11-/m0/s1. The zero-order valence-corrected chi connectivity index (χ0v) is 21.6. The third-order valence-electron chi connectivity index (χ3n) is 4.50. The molecule has 0 saturated carbocycles. The molecule has 0 unspecified atom stereocenters. The summed E-state index contributed by atoms with van der Waals surface area (Å²) in [6, 6.07) is -5.49. The smallest absolute Gasteiger partial charge is 0.322 e. The number of amides is 5. The first-order valence-corrected chi connectivity index (χ1v) is 12.1. The monoisotopic (exact) mass is 582 g/mol. The first kappa shape index (κ1) is 34.4. The highest BCUT2D eigenvalue weighted by atomic mass is 32.1. The van der Waals surface area contributed by atoms with Gasteiger partial charge in [-0.2, -0.15) is 25.3 Å². The van der Waals surface area contributed by atoms with Gasteiger partial charge in [-0.3, -0.25) is 38.4 Å². The summed E-state index contributed by atoms with van der Waals surface area (Å²) < 4.78 is 0. The van der Waals surface area contributed by atoms with Crippen molar-refractivity contribution in [1.29, 1.82) is 0 Å². The predicted octanol–water partition coefficient (Wildman–Crippen LogP) is -4.72. The molecule has 0 fully saturated rings. The summed E-state index contributed by atoms with van der Waals surface area (Å²) in [6.45, 7) is -1.44. The van der Waals surface area contributed by atoms with Gasteiger partial charge in [-0.25, -0.2) is 0 Å². The Bertz CT molecular complexity index is 920. The lowest BCUT2D eigenvalue weighted by Crippen LogP contribution is -2.56. The minimum atomic E-state index is -1.46. The third-order valence-corrected chi connectivity index (χ3v) is 5.23. The van der Waals surface area contributed by atoms with Crippen LogP contribution in [0.15, 0.2) is 0 Å². The fourth-order valence-electron chi connectivity index (χ4n) is 2.58. The Labute approximate surface area is 226 Å². The Balaban J connectivity index is 5.13. The molecule has 0 heterocycles. The number of nitrogens with one attached hydrogen (secondary N) is 5. The van der Waals surface area contributed by atoms with Crippen LogP contribution in [0.4, 0.5) is 0 Å². The second-order valence-corrected chi connectivity index (χ2v) is 8.30. The van der Waals surface area contributed by atoms with E-state index in [0.717, 1.165) is 0 Å². The number of carbonyl (C=O) groups is 8. The van der Waals surface area contributed by atoms with Gasteiger partial charge in [0.25, 0.3) is 0 Å². The SMILES string of the molecule is N[C@@H](CC(=O)O)C(=O)N[C@@H](CS)C(=O)NCC(=O)N[C@@H](CCC(=O)O)C(=O)N[C@@H](CS)C(=O)NCC(=O)O. The van der Waals surface area contributed by atoms with Crippen LogP contribution in [0.25, 0.3) is 0 Å². The van der Waals surface area contributed by atoms with Crippen molar-refractivity contribution in [3.63, 3.8) is 0 Å². The Hall–Kier alpha value is -3.58. The van der Waals surface area contributed by atoms with Gasteiger partial charge in [0.1, 0.15) is 24.7 Å². The van der Waals surface area contributed by atoms with Crippen LogP contribution in [0.3, 0.4) is 0 Å². The number of aliphatic carboxylic acids is 3. The van der Waals surface area contributed by atoms with E-state index in [9.17, 15) is 38.4 Å². The zero-order valence-electron chi connectivity index (χ0n) is 19.8. The maximum Gasteiger partial charge on any atom is 0.322 e. The normalized spacial score (nSPS) is 13.6. The van der Waals surface area contributed by atoms with Crippen LogP contribution in [0.1, 0.15) is 19.3 Å². The fourth-order valence-corrected chi connectivity index (χ4v) is 3.09. The molecule has 0 aromatic carbocycles. The van der Waals surface area contributed by atoms with Crippen LogP contribution in [0.2, 0.25) is 0 Å². The van der Waals surface area contributed by atoms with Gasteiger partial charge in [0.2, 0.25) is 29.5 Å². The molecule has 214 valence electrons. The second-order valence-electron chi connectivity index (χ2n) is 7.57. The fraction of sp³-hybridized carbons (Fsp3) is 0.579. The van der Waals surface area contributed by atoms with E-state index >= 15 is 0 Å². The molecule has 0 aromatic rings. The van der Waals surface area contributed by atoms with Gasteiger partial charge in [0.05, 0.1) is 19.0 Å². The first-order valence-electron chi connectivity index (χ1n) is 10.8. The van der Waals surface area contributed by atoms with E-state index < -0.39 is 104 Å². The molecular weight excluding hydrogens is 552 g/mol. The highest BCUT2D eigenvalue weighted by Gasteiger charge is 2.28. The highest BCUT2D eigenvalue weighted by molar-refractivity contribution is 7.80. The molecule has 0 aliphatic carbocycles. The van der Waals surface area contributed by atoms with Crippen molar-refractivity contribution in [1.82, 2.24) is 26.6 Å². The van der Waals surface area contributed by atoms with E-state index in [-0.39, 0.29) is 11.5 Å². The average Bonchev–Trinajstić information content (AvgIpc) is 2.84. The van der Waals surface area contributed by atoms with Crippen molar-refractivity contribution in [3.8, 4) is 0 Å². The van der Waals surface area contributed by atoms with E-state index in [0.29, 0.717) is 0 Å². The topological polar surface area (TPSA) is 283 Å². The minimum absolute atomic E-state index is 0.238. The highest BCUT2D eigenvalue weighted by Crippen LogP contribution is 2.01.